The number of pyridine rings is 1. The van der Waals surface area contributed by atoms with Crippen LogP contribution in [0.1, 0.15) is 31.2 Å². The highest BCUT2D eigenvalue weighted by atomic mass is 32.2. The summed E-state index contributed by atoms with van der Waals surface area (Å²) in [5, 5.41) is -0.548. The average molecular weight is 300 g/mol. The van der Waals surface area contributed by atoms with Crippen LogP contribution in [0.2, 0.25) is 0 Å². The molecule has 1 aromatic rings. The molecule has 112 valence electrons. The summed E-state index contributed by atoms with van der Waals surface area (Å²) < 4.78 is 32.7. The van der Waals surface area contributed by atoms with Crippen LogP contribution in [0, 0.1) is 6.92 Å². The molecule has 1 fully saturated rings. The van der Waals surface area contributed by atoms with Crippen LogP contribution in [-0.2, 0) is 14.8 Å². The van der Waals surface area contributed by atoms with Crippen molar-refractivity contribution >= 4 is 15.7 Å². The molecule has 0 bridgehead atoms. The van der Waals surface area contributed by atoms with E-state index in [0.29, 0.717) is 17.7 Å². The fourth-order valence-corrected chi connectivity index (χ4v) is 4.31. The first kappa shape index (κ1) is 15.1. The minimum atomic E-state index is -3.52. The van der Waals surface area contributed by atoms with Crippen molar-refractivity contribution in [1.82, 2.24) is 4.98 Å². The summed E-state index contributed by atoms with van der Waals surface area (Å²) in [7, 11) is -1.98. The highest BCUT2D eigenvalue weighted by Crippen LogP contribution is 2.27. The van der Waals surface area contributed by atoms with Gasteiger partial charge in [0, 0.05) is 18.9 Å². The number of methoxy groups -OCH3 is 1. The molecule has 0 aliphatic heterocycles. The predicted octanol–water partition coefficient (Wildman–Crippen LogP) is 1.38. The van der Waals surface area contributed by atoms with Crippen LogP contribution in [0.3, 0.4) is 0 Å². The Balaban J connectivity index is 2.21. The molecule has 0 radical (unpaired) electrons. The molecule has 2 N–H and O–H groups in total. The Labute approximate surface area is 118 Å². The number of ether oxygens (including phenoxy) is 1. The molecule has 2 atom stereocenters. The molecule has 1 aliphatic rings. The second-order valence-corrected chi connectivity index (χ2v) is 7.04. The van der Waals surface area contributed by atoms with Gasteiger partial charge in [-0.15, -0.1) is 0 Å². The van der Waals surface area contributed by atoms with Crippen LogP contribution in [0.15, 0.2) is 17.1 Å². The third-order valence-electron chi connectivity index (χ3n) is 3.69. The van der Waals surface area contributed by atoms with Crippen molar-refractivity contribution in [3.05, 3.63) is 28.2 Å². The third kappa shape index (κ3) is 3.21. The Bertz CT molecular complexity index is 624. The van der Waals surface area contributed by atoms with Crippen molar-refractivity contribution in [3.8, 4) is 0 Å². The number of anilines is 1. The number of H-pyrrole nitrogens is 1. The first-order chi connectivity index (χ1) is 9.44. The molecule has 7 heteroatoms. The van der Waals surface area contributed by atoms with Gasteiger partial charge < -0.3 is 9.72 Å². The van der Waals surface area contributed by atoms with Crippen molar-refractivity contribution in [1.29, 1.82) is 0 Å². The maximum atomic E-state index is 12.4. The van der Waals surface area contributed by atoms with Crippen molar-refractivity contribution in [2.24, 2.45) is 0 Å². The minimum Gasteiger partial charge on any atom is -0.380 e. The van der Waals surface area contributed by atoms with Gasteiger partial charge in [-0.1, -0.05) is 12.8 Å². The van der Waals surface area contributed by atoms with Gasteiger partial charge in [-0.3, -0.25) is 9.52 Å². The second-order valence-electron chi connectivity index (χ2n) is 5.14. The SMILES string of the molecule is COC1CCCCC1S(=O)(=O)Nc1c[nH]c(=O)c(C)c1. The Hall–Kier alpha value is -1.34. The van der Waals surface area contributed by atoms with Crippen molar-refractivity contribution in [3.63, 3.8) is 0 Å². The normalized spacial score (nSPS) is 23.5. The van der Waals surface area contributed by atoms with E-state index in [2.05, 4.69) is 9.71 Å². The monoisotopic (exact) mass is 300 g/mol. The summed E-state index contributed by atoms with van der Waals surface area (Å²) in [6.45, 7) is 1.63. The van der Waals surface area contributed by atoms with E-state index >= 15 is 0 Å². The van der Waals surface area contributed by atoms with E-state index in [1.807, 2.05) is 0 Å². The van der Waals surface area contributed by atoms with Gasteiger partial charge in [0.2, 0.25) is 10.0 Å². The summed E-state index contributed by atoms with van der Waals surface area (Å²) in [5.74, 6) is 0. The molecule has 1 aromatic heterocycles. The number of hydrogen-bond acceptors (Lipinski definition) is 4. The maximum Gasteiger partial charge on any atom is 0.250 e. The molecule has 0 spiro atoms. The van der Waals surface area contributed by atoms with E-state index in [1.54, 1.807) is 14.0 Å². The number of rotatable bonds is 4. The number of aryl methyl sites for hydroxylation is 1. The molecule has 20 heavy (non-hydrogen) atoms. The Morgan fingerprint density at radius 2 is 2.05 bits per heavy atom. The lowest BCUT2D eigenvalue weighted by atomic mass is 9.97. The summed E-state index contributed by atoms with van der Waals surface area (Å²) in [6, 6.07) is 1.53. The van der Waals surface area contributed by atoms with Crippen LogP contribution in [0.4, 0.5) is 5.69 Å². The van der Waals surface area contributed by atoms with Gasteiger partial charge in [0.05, 0.1) is 11.8 Å². The van der Waals surface area contributed by atoms with Crippen molar-refractivity contribution in [2.75, 3.05) is 11.8 Å². The standard InChI is InChI=1S/C13H20N2O4S/c1-9-7-10(8-14-13(9)16)15-20(17,18)12-6-4-3-5-11(12)19-2/h7-8,11-12,15H,3-6H2,1-2H3,(H,14,16). The van der Waals surface area contributed by atoms with E-state index < -0.39 is 15.3 Å². The van der Waals surface area contributed by atoms with Gasteiger partial charge >= 0.3 is 0 Å². The van der Waals surface area contributed by atoms with Crippen LogP contribution < -0.4 is 10.3 Å². The molecule has 6 nitrogen and oxygen atoms in total. The van der Waals surface area contributed by atoms with E-state index in [9.17, 15) is 13.2 Å². The number of aromatic amines is 1. The van der Waals surface area contributed by atoms with Crippen LogP contribution in [-0.4, -0.2) is 31.9 Å². The Morgan fingerprint density at radius 1 is 1.35 bits per heavy atom. The van der Waals surface area contributed by atoms with E-state index in [0.717, 1.165) is 19.3 Å². The summed E-state index contributed by atoms with van der Waals surface area (Å²) in [5.41, 5.74) is 0.625. The third-order valence-corrected chi connectivity index (χ3v) is 5.55. The summed E-state index contributed by atoms with van der Waals surface area (Å²) in [4.78, 5) is 13.8. The lowest BCUT2D eigenvalue weighted by Gasteiger charge is -2.30. The Morgan fingerprint density at radius 3 is 2.70 bits per heavy atom. The van der Waals surface area contributed by atoms with Crippen molar-refractivity contribution < 1.29 is 13.2 Å². The zero-order valence-corrected chi connectivity index (χ0v) is 12.5. The second kappa shape index (κ2) is 5.97. The Kier molecular flexibility index (Phi) is 4.49. The van der Waals surface area contributed by atoms with E-state index in [1.165, 1.54) is 12.3 Å². The van der Waals surface area contributed by atoms with Gasteiger partial charge in [-0.05, 0) is 25.8 Å². The molecule has 0 aromatic carbocycles. The largest absolute Gasteiger partial charge is 0.380 e. The van der Waals surface area contributed by atoms with Gasteiger partial charge in [0.1, 0.15) is 5.25 Å². The van der Waals surface area contributed by atoms with Gasteiger partial charge in [0.25, 0.3) is 5.56 Å². The summed E-state index contributed by atoms with van der Waals surface area (Å²) in [6.07, 6.45) is 4.32. The highest BCUT2D eigenvalue weighted by Gasteiger charge is 2.35. The lowest BCUT2D eigenvalue weighted by molar-refractivity contribution is 0.0739. The average Bonchev–Trinajstić information content (AvgIpc) is 2.42. The molecular weight excluding hydrogens is 280 g/mol. The van der Waals surface area contributed by atoms with Crippen LogP contribution >= 0.6 is 0 Å². The molecular formula is C13H20N2O4S. The molecule has 2 rings (SSSR count). The van der Waals surface area contributed by atoms with Gasteiger partial charge in [-0.25, -0.2) is 8.42 Å². The van der Waals surface area contributed by atoms with E-state index in [-0.39, 0.29) is 11.7 Å². The van der Waals surface area contributed by atoms with Crippen molar-refractivity contribution in [2.45, 2.75) is 44.0 Å². The molecule has 1 saturated carbocycles. The molecule has 1 heterocycles. The number of nitrogens with one attached hydrogen (secondary N) is 2. The zero-order valence-electron chi connectivity index (χ0n) is 11.7. The van der Waals surface area contributed by atoms with E-state index in [4.69, 9.17) is 4.74 Å². The quantitative estimate of drug-likeness (QED) is 0.879. The smallest absolute Gasteiger partial charge is 0.250 e. The molecule has 1 aliphatic carbocycles. The summed E-state index contributed by atoms with van der Waals surface area (Å²) >= 11 is 0. The zero-order chi connectivity index (χ0) is 14.8. The fraction of sp³-hybridized carbons (Fsp3) is 0.615. The first-order valence-corrected chi connectivity index (χ1v) is 8.22. The van der Waals surface area contributed by atoms with Crippen LogP contribution in [0.5, 0.6) is 0 Å². The van der Waals surface area contributed by atoms with Gasteiger partial charge in [0.15, 0.2) is 0 Å². The topological polar surface area (TPSA) is 88.3 Å². The molecule has 2 unspecified atom stereocenters. The number of aromatic nitrogens is 1. The maximum absolute atomic E-state index is 12.4. The van der Waals surface area contributed by atoms with Gasteiger partial charge in [-0.2, -0.15) is 0 Å². The number of sulfonamides is 1. The lowest BCUT2D eigenvalue weighted by Crippen LogP contribution is -2.41. The highest BCUT2D eigenvalue weighted by molar-refractivity contribution is 7.93. The minimum absolute atomic E-state index is 0.222. The molecule has 0 amide bonds. The first-order valence-electron chi connectivity index (χ1n) is 6.68. The number of hydrogen-bond donors (Lipinski definition) is 2. The van der Waals surface area contributed by atoms with Crippen LogP contribution in [0.25, 0.3) is 0 Å². The molecule has 0 saturated heterocycles. The fourth-order valence-electron chi connectivity index (χ4n) is 2.58. The predicted molar refractivity (Wildman–Crippen MR) is 77.4 cm³/mol.